The Labute approximate surface area is 86.2 Å². The van der Waals surface area contributed by atoms with Crippen LogP contribution in [0.5, 0.6) is 5.75 Å². The van der Waals surface area contributed by atoms with Crippen LogP contribution in [0, 0.1) is 5.82 Å². The Hall–Kier alpha value is -0.775. The summed E-state index contributed by atoms with van der Waals surface area (Å²) in [4.78, 5) is 0. The molecule has 0 aliphatic rings. The van der Waals surface area contributed by atoms with Crippen LogP contribution in [0.2, 0.25) is 5.02 Å². The quantitative estimate of drug-likeness (QED) is 0.729. The maximum absolute atomic E-state index is 13.1. The van der Waals surface area contributed by atoms with Gasteiger partial charge in [-0.3, -0.25) is 0 Å². The van der Waals surface area contributed by atoms with Crippen molar-refractivity contribution in [1.82, 2.24) is 0 Å². The summed E-state index contributed by atoms with van der Waals surface area (Å²) in [6.07, 6.45) is 0. The van der Waals surface area contributed by atoms with Gasteiger partial charge in [-0.25, -0.2) is 4.39 Å². The smallest absolute Gasteiger partial charge is 0.491 e. The Morgan fingerprint density at radius 3 is 2.64 bits per heavy atom. The lowest BCUT2D eigenvalue weighted by Gasteiger charge is -2.08. The van der Waals surface area contributed by atoms with E-state index in [1.54, 1.807) is 6.92 Å². The summed E-state index contributed by atoms with van der Waals surface area (Å²) in [5.74, 6) is -0.566. The molecule has 6 heteroatoms. The number of hydrogen-bond acceptors (Lipinski definition) is 3. The summed E-state index contributed by atoms with van der Waals surface area (Å²) in [7, 11) is -1.87. The van der Waals surface area contributed by atoms with E-state index in [1.807, 2.05) is 0 Å². The number of ether oxygens (including phenoxy) is 1. The second-order valence-corrected chi connectivity index (χ2v) is 3.02. The van der Waals surface area contributed by atoms with E-state index in [2.05, 4.69) is 0 Å². The van der Waals surface area contributed by atoms with Crippen molar-refractivity contribution in [2.24, 2.45) is 0 Å². The normalized spacial score (nSPS) is 10.1. The van der Waals surface area contributed by atoms with Gasteiger partial charge < -0.3 is 14.8 Å². The van der Waals surface area contributed by atoms with Gasteiger partial charge in [-0.1, -0.05) is 11.6 Å². The average molecular weight is 218 g/mol. The van der Waals surface area contributed by atoms with Gasteiger partial charge in [-0.2, -0.15) is 0 Å². The summed E-state index contributed by atoms with van der Waals surface area (Å²) in [5, 5.41) is 17.7. The Morgan fingerprint density at radius 2 is 2.14 bits per heavy atom. The molecule has 0 spiro atoms. The summed E-state index contributed by atoms with van der Waals surface area (Å²) >= 11 is 5.71. The predicted molar refractivity (Wildman–Crippen MR) is 52.4 cm³/mol. The van der Waals surface area contributed by atoms with Gasteiger partial charge in [0.25, 0.3) is 0 Å². The van der Waals surface area contributed by atoms with Crippen molar-refractivity contribution in [3.63, 3.8) is 0 Å². The first-order valence-corrected chi connectivity index (χ1v) is 4.42. The molecule has 0 radical (unpaired) electrons. The SMILES string of the molecule is CCOc1cc(F)c(B(O)O)cc1Cl. The highest BCUT2D eigenvalue weighted by Gasteiger charge is 2.19. The van der Waals surface area contributed by atoms with E-state index in [4.69, 9.17) is 26.4 Å². The van der Waals surface area contributed by atoms with Gasteiger partial charge in [-0.05, 0) is 13.0 Å². The van der Waals surface area contributed by atoms with Gasteiger partial charge in [-0.15, -0.1) is 0 Å². The first-order valence-electron chi connectivity index (χ1n) is 4.04. The summed E-state index contributed by atoms with van der Waals surface area (Å²) in [5.41, 5.74) is -0.265. The average Bonchev–Trinajstić information content (AvgIpc) is 2.10. The maximum atomic E-state index is 13.1. The molecule has 2 N–H and O–H groups in total. The minimum absolute atomic E-state index is 0.149. The molecule has 0 aromatic heterocycles. The van der Waals surface area contributed by atoms with Crippen LogP contribution in [0.15, 0.2) is 12.1 Å². The van der Waals surface area contributed by atoms with E-state index in [9.17, 15) is 4.39 Å². The van der Waals surface area contributed by atoms with E-state index >= 15 is 0 Å². The predicted octanol–water partition coefficient (Wildman–Crippen LogP) is 0.558. The lowest BCUT2D eigenvalue weighted by Crippen LogP contribution is -2.32. The Morgan fingerprint density at radius 1 is 1.50 bits per heavy atom. The Balaban J connectivity index is 3.10. The van der Waals surface area contributed by atoms with Crippen LogP contribution in [0.3, 0.4) is 0 Å². The number of benzene rings is 1. The van der Waals surface area contributed by atoms with Crippen LogP contribution in [-0.4, -0.2) is 23.8 Å². The summed E-state index contributed by atoms with van der Waals surface area (Å²) < 4.78 is 18.2. The fourth-order valence-corrected chi connectivity index (χ4v) is 1.23. The highest BCUT2D eigenvalue weighted by molar-refractivity contribution is 6.59. The van der Waals surface area contributed by atoms with Crippen molar-refractivity contribution in [2.75, 3.05) is 6.61 Å². The topological polar surface area (TPSA) is 49.7 Å². The highest BCUT2D eigenvalue weighted by atomic mass is 35.5. The fourth-order valence-electron chi connectivity index (χ4n) is 1.01. The van der Waals surface area contributed by atoms with Crippen LogP contribution >= 0.6 is 11.6 Å². The fraction of sp³-hybridized carbons (Fsp3) is 0.250. The van der Waals surface area contributed by atoms with E-state index in [0.717, 1.165) is 12.1 Å². The van der Waals surface area contributed by atoms with Gasteiger partial charge in [0.2, 0.25) is 0 Å². The van der Waals surface area contributed by atoms with Crippen LogP contribution < -0.4 is 10.2 Å². The van der Waals surface area contributed by atoms with Crippen molar-refractivity contribution in [3.8, 4) is 5.75 Å². The van der Waals surface area contributed by atoms with E-state index in [-0.39, 0.29) is 16.2 Å². The molecule has 0 atom stereocenters. The molecule has 0 saturated heterocycles. The summed E-state index contributed by atoms with van der Waals surface area (Å²) in [6, 6.07) is 2.16. The Bertz CT molecular complexity index is 333. The van der Waals surface area contributed by atoms with Crippen molar-refractivity contribution in [2.45, 2.75) is 6.92 Å². The van der Waals surface area contributed by atoms with E-state index in [0.29, 0.717) is 6.61 Å². The largest absolute Gasteiger partial charge is 0.492 e. The first kappa shape index (κ1) is 11.3. The second kappa shape index (κ2) is 4.64. The highest BCUT2D eigenvalue weighted by Crippen LogP contribution is 2.23. The van der Waals surface area contributed by atoms with E-state index < -0.39 is 12.9 Å². The zero-order valence-corrected chi connectivity index (χ0v) is 8.25. The molecule has 1 aromatic carbocycles. The molecule has 0 aliphatic heterocycles. The monoisotopic (exact) mass is 218 g/mol. The molecule has 0 saturated carbocycles. The summed E-state index contributed by atoms with van der Waals surface area (Å²) in [6.45, 7) is 2.10. The number of rotatable bonds is 3. The molecule has 0 fully saturated rings. The molecule has 76 valence electrons. The van der Waals surface area contributed by atoms with Crippen LogP contribution in [0.25, 0.3) is 0 Å². The molecule has 0 amide bonds. The van der Waals surface area contributed by atoms with Gasteiger partial charge in [0.05, 0.1) is 11.6 Å². The minimum Gasteiger partial charge on any atom is -0.492 e. The molecule has 0 heterocycles. The molecule has 0 unspecified atom stereocenters. The standard InChI is InChI=1S/C8H9BClFO3/c1-2-14-8-4-7(11)5(9(12)13)3-6(8)10/h3-4,12-13H,2H2,1H3. The van der Waals surface area contributed by atoms with Gasteiger partial charge in [0.1, 0.15) is 11.6 Å². The van der Waals surface area contributed by atoms with Crippen molar-refractivity contribution < 1.29 is 19.2 Å². The van der Waals surface area contributed by atoms with Gasteiger partial charge in [0.15, 0.2) is 0 Å². The molecule has 0 bridgehead atoms. The first-order chi connectivity index (χ1) is 6.56. The van der Waals surface area contributed by atoms with Crippen molar-refractivity contribution in [1.29, 1.82) is 0 Å². The third kappa shape index (κ3) is 2.38. The van der Waals surface area contributed by atoms with Crippen LogP contribution in [-0.2, 0) is 0 Å². The lowest BCUT2D eigenvalue weighted by molar-refractivity contribution is 0.338. The van der Waals surface area contributed by atoms with Gasteiger partial charge in [0, 0.05) is 11.5 Å². The van der Waals surface area contributed by atoms with Crippen molar-refractivity contribution >= 4 is 24.2 Å². The molecular weight excluding hydrogens is 209 g/mol. The molecule has 14 heavy (non-hydrogen) atoms. The minimum atomic E-state index is -1.87. The molecular formula is C8H9BClFO3. The zero-order valence-electron chi connectivity index (χ0n) is 7.50. The zero-order chi connectivity index (χ0) is 10.7. The maximum Gasteiger partial charge on any atom is 0.491 e. The molecule has 0 aliphatic carbocycles. The van der Waals surface area contributed by atoms with Crippen molar-refractivity contribution in [3.05, 3.63) is 23.0 Å². The van der Waals surface area contributed by atoms with Crippen LogP contribution in [0.1, 0.15) is 6.92 Å². The van der Waals surface area contributed by atoms with E-state index in [1.165, 1.54) is 0 Å². The third-order valence-electron chi connectivity index (χ3n) is 1.63. The number of halogens is 2. The second-order valence-electron chi connectivity index (χ2n) is 2.61. The van der Waals surface area contributed by atoms with Gasteiger partial charge >= 0.3 is 7.12 Å². The third-order valence-corrected chi connectivity index (χ3v) is 1.92. The van der Waals surface area contributed by atoms with Crippen LogP contribution in [0.4, 0.5) is 4.39 Å². The molecule has 3 nitrogen and oxygen atoms in total. The lowest BCUT2D eigenvalue weighted by atomic mass is 9.80. The number of hydrogen-bond donors (Lipinski definition) is 2. The molecule has 1 aromatic rings. The Kier molecular flexibility index (Phi) is 3.74. The molecule has 1 rings (SSSR count).